The van der Waals surface area contributed by atoms with Gasteiger partial charge in [0.15, 0.2) is 5.78 Å². The number of ketones is 1. The molecule has 3 aromatic rings. The van der Waals surface area contributed by atoms with E-state index in [2.05, 4.69) is 27.5 Å². The fourth-order valence-corrected chi connectivity index (χ4v) is 3.75. The number of carbonyl (C=O) groups excluding carboxylic acids is 1. The maximum Gasteiger partial charge on any atom is 0.229 e. The number of rotatable bonds is 4. The molecule has 5 nitrogen and oxygen atoms in total. The van der Waals surface area contributed by atoms with E-state index in [1.165, 1.54) is 0 Å². The predicted octanol–water partition coefficient (Wildman–Crippen LogP) is 6.00. The van der Waals surface area contributed by atoms with Crippen LogP contribution in [0, 0.1) is 19.8 Å². The van der Waals surface area contributed by atoms with E-state index >= 15 is 0 Å². The molecule has 1 aromatic heterocycles. The number of hydrogen-bond acceptors (Lipinski definition) is 5. The van der Waals surface area contributed by atoms with E-state index in [0.717, 1.165) is 34.6 Å². The van der Waals surface area contributed by atoms with E-state index in [1.807, 2.05) is 56.3 Å². The number of nitrogens with zero attached hydrogens (tertiary/aromatic N) is 2. The molecule has 1 unspecified atom stereocenters. The summed E-state index contributed by atoms with van der Waals surface area (Å²) in [4.78, 5) is 22.1. The van der Waals surface area contributed by atoms with Crippen molar-refractivity contribution in [3.63, 3.8) is 0 Å². The van der Waals surface area contributed by atoms with Gasteiger partial charge >= 0.3 is 0 Å². The van der Waals surface area contributed by atoms with Gasteiger partial charge in [0.25, 0.3) is 0 Å². The number of aryl methyl sites for hydroxylation is 2. The first-order valence-electron chi connectivity index (χ1n) is 9.70. The normalized spacial score (nSPS) is 15.7. The van der Waals surface area contributed by atoms with Crippen LogP contribution in [-0.4, -0.2) is 15.8 Å². The van der Waals surface area contributed by atoms with Gasteiger partial charge in [-0.25, -0.2) is 4.98 Å². The van der Waals surface area contributed by atoms with Crippen molar-refractivity contribution in [2.75, 3.05) is 10.6 Å². The van der Waals surface area contributed by atoms with Gasteiger partial charge in [-0.05, 0) is 61.6 Å². The highest BCUT2D eigenvalue weighted by molar-refractivity contribution is 6.31. The summed E-state index contributed by atoms with van der Waals surface area (Å²) in [6.07, 6.45) is 1.25. The molecule has 1 heterocycles. The van der Waals surface area contributed by atoms with E-state index in [9.17, 15) is 4.79 Å². The van der Waals surface area contributed by atoms with Gasteiger partial charge in [0.1, 0.15) is 5.82 Å². The molecule has 0 saturated carbocycles. The fraction of sp³-hybridized carbons (Fsp3) is 0.261. The summed E-state index contributed by atoms with van der Waals surface area (Å²) in [5, 5.41) is 7.22. The standard InChI is InChI=1S/C23H23ClN4O/c1-13-5-4-6-16(9-13)26-23-27-19-10-14(2)11-20(29)21(19)22(28-23)25-17-8-7-15(3)18(24)12-17/h4-9,12,14H,10-11H2,1-3H3,(H2,25,26,27,28). The number of fused-ring (bicyclic) bond motifs is 1. The van der Waals surface area contributed by atoms with Crippen LogP contribution in [0.2, 0.25) is 5.02 Å². The SMILES string of the molecule is Cc1cccc(Nc2nc3c(c(Nc4ccc(C)c(Cl)c4)n2)C(=O)CC(C)C3)c1. The second-order valence-electron chi connectivity index (χ2n) is 7.74. The maximum absolute atomic E-state index is 12.8. The topological polar surface area (TPSA) is 66.9 Å². The molecule has 1 aliphatic rings. The molecule has 0 bridgehead atoms. The van der Waals surface area contributed by atoms with E-state index < -0.39 is 0 Å². The number of halogens is 1. The molecule has 0 aliphatic heterocycles. The molecular weight excluding hydrogens is 384 g/mol. The number of aromatic nitrogens is 2. The first-order valence-corrected chi connectivity index (χ1v) is 10.1. The lowest BCUT2D eigenvalue weighted by Gasteiger charge is -2.23. The van der Waals surface area contributed by atoms with E-state index in [1.54, 1.807) is 0 Å². The van der Waals surface area contributed by atoms with Crippen LogP contribution in [0.25, 0.3) is 0 Å². The Morgan fingerprint density at radius 2 is 1.79 bits per heavy atom. The Kier molecular flexibility index (Phi) is 5.24. The Bertz CT molecular complexity index is 1100. The van der Waals surface area contributed by atoms with E-state index in [-0.39, 0.29) is 11.7 Å². The quantitative estimate of drug-likeness (QED) is 0.556. The Morgan fingerprint density at radius 3 is 2.55 bits per heavy atom. The summed E-state index contributed by atoms with van der Waals surface area (Å²) in [6, 6.07) is 13.7. The minimum Gasteiger partial charge on any atom is -0.339 e. The largest absolute Gasteiger partial charge is 0.339 e. The highest BCUT2D eigenvalue weighted by atomic mass is 35.5. The van der Waals surface area contributed by atoms with Crippen molar-refractivity contribution in [2.24, 2.45) is 5.92 Å². The van der Waals surface area contributed by atoms with Crippen LogP contribution < -0.4 is 10.6 Å². The zero-order valence-electron chi connectivity index (χ0n) is 16.7. The molecule has 148 valence electrons. The molecule has 0 fully saturated rings. The van der Waals surface area contributed by atoms with Gasteiger partial charge in [-0.15, -0.1) is 0 Å². The zero-order valence-corrected chi connectivity index (χ0v) is 17.5. The number of carbonyl (C=O) groups is 1. The van der Waals surface area contributed by atoms with Crippen LogP contribution in [-0.2, 0) is 6.42 Å². The zero-order chi connectivity index (χ0) is 20.5. The van der Waals surface area contributed by atoms with Gasteiger partial charge in [0, 0.05) is 22.8 Å². The molecule has 29 heavy (non-hydrogen) atoms. The van der Waals surface area contributed by atoms with Crippen LogP contribution in [0.5, 0.6) is 0 Å². The van der Waals surface area contributed by atoms with Crippen molar-refractivity contribution in [2.45, 2.75) is 33.6 Å². The lowest BCUT2D eigenvalue weighted by molar-refractivity contribution is 0.0953. The van der Waals surface area contributed by atoms with Gasteiger partial charge in [0.2, 0.25) is 5.95 Å². The number of benzene rings is 2. The van der Waals surface area contributed by atoms with Crippen molar-refractivity contribution in [1.82, 2.24) is 9.97 Å². The van der Waals surface area contributed by atoms with Crippen LogP contribution in [0.3, 0.4) is 0 Å². The van der Waals surface area contributed by atoms with Crippen molar-refractivity contribution >= 4 is 40.5 Å². The molecule has 0 saturated heterocycles. The van der Waals surface area contributed by atoms with Crippen LogP contribution in [0.15, 0.2) is 42.5 Å². The summed E-state index contributed by atoms with van der Waals surface area (Å²) in [5.74, 6) is 1.32. The second kappa shape index (κ2) is 7.84. The first-order chi connectivity index (χ1) is 13.9. The summed E-state index contributed by atoms with van der Waals surface area (Å²) in [6.45, 7) is 6.06. The third-order valence-corrected chi connectivity index (χ3v) is 5.45. The second-order valence-corrected chi connectivity index (χ2v) is 8.14. The Morgan fingerprint density at radius 1 is 1.00 bits per heavy atom. The first kappa shape index (κ1) is 19.4. The number of Topliss-reactive ketones (excluding diaryl/α,β-unsaturated/α-hetero) is 1. The van der Waals surface area contributed by atoms with Crippen LogP contribution >= 0.6 is 11.6 Å². The number of nitrogens with one attached hydrogen (secondary N) is 2. The molecule has 0 spiro atoms. The molecule has 1 atom stereocenters. The molecule has 1 aliphatic carbocycles. The minimum absolute atomic E-state index is 0.0709. The minimum atomic E-state index is 0.0709. The van der Waals surface area contributed by atoms with E-state index in [0.29, 0.717) is 28.8 Å². The average molecular weight is 407 g/mol. The molecule has 2 aromatic carbocycles. The van der Waals surface area contributed by atoms with Gasteiger partial charge < -0.3 is 10.6 Å². The maximum atomic E-state index is 12.8. The third-order valence-electron chi connectivity index (χ3n) is 5.05. The molecule has 0 amide bonds. The molecule has 2 N–H and O–H groups in total. The van der Waals surface area contributed by atoms with Gasteiger partial charge in [-0.1, -0.05) is 36.7 Å². The monoisotopic (exact) mass is 406 g/mol. The smallest absolute Gasteiger partial charge is 0.229 e. The Balaban J connectivity index is 1.76. The number of hydrogen-bond donors (Lipinski definition) is 2. The summed E-state index contributed by atoms with van der Waals surface area (Å²) in [5.41, 5.74) is 5.19. The molecule has 4 rings (SSSR count). The Hall–Kier alpha value is -2.92. The lowest BCUT2D eigenvalue weighted by Crippen LogP contribution is -2.22. The Labute approximate surface area is 175 Å². The summed E-state index contributed by atoms with van der Waals surface area (Å²) in [7, 11) is 0. The van der Waals surface area contributed by atoms with Gasteiger partial charge in [0.05, 0.1) is 11.3 Å². The predicted molar refractivity (Wildman–Crippen MR) is 118 cm³/mol. The van der Waals surface area contributed by atoms with E-state index in [4.69, 9.17) is 11.6 Å². The lowest BCUT2D eigenvalue weighted by atomic mass is 9.87. The van der Waals surface area contributed by atoms with Crippen molar-refractivity contribution in [1.29, 1.82) is 0 Å². The van der Waals surface area contributed by atoms with Crippen LogP contribution in [0.4, 0.5) is 23.1 Å². The molecule has 0 radical (unpaired) electrons. The summed E-state index contributed by atoms with van der Waals surface area (Å²) < 4.78 is 0. The van der Waals surface area contributed by atoms with Gasteiger partial charge in [-0.2, -0.15) is 4.98 Å². The molecular formula is C23H23ClN4O. The molecule has 6 heteroatoms. The average Bonchev–Trinajstić information content (AvgIpc) is 2.64. The highest BCUT2D eigenvalue weighted by Crippen LogP contribution is 2.32. The third kappa shape index (κ3) is 4.25. The van der Waals surface area contributed by atoms with Crippen molar-refractivity contribution in [3.05, 3.63) is 69.9 Å². The van der Waals surface area contributed by atoms with Gasteiger partial charge in [-0.3, -0.25) is 4.79 Å². The number of anilines is 4. The van der Waals surface area contributed by atoms with Crippen LogP contribution in [0.1, 0.15) is 40.5 Å². The summed E-state index contributed by atoms with van der Waals surface area (Å²) >= 11 is 6.27. The van der Waals surface area contributed by atoms with Crippen molar-refractivity contribution < 1.29 is 4.79 Å². The highest BCUT2D eigenvalue weighted by Gasteiger charge is 2.28. The van der Waals surface area contributed by atoms with Crippen molar-refractivity contribution in [3.8, 4) is 0 Å². The fourth-order valence-electron chi connectivity index (χ4n) is 3.57.